The normalized spacial score (nSPS) is 12.0. The molecule has 10 heteroatoms. The molecule has 134 valence electrons. The van der Waals surface area contributed by atoms with Gasteiger partial charge in [0.25, 0.3) is 0 Å². The van der Waals surface area contributed by atoms with Crippen molar-refractivity contribution in [2.45, 2.75) is 12.5 Å². The third-order valence-corrected chi connectivity index (χ3v) is 2.98. The van der Waals surface area contributed by atoms with E-state index in [4.69, 9.17) is 0 Å². The van der Waals surface area contributed by atoms with Crippen molar-refractivity contribution in [1.82, 2.24) is 4.98 Å². The lowest BCUT2D eigenvalue weighted by molar-refractivity contribution is -0.274. The van der Waals surface area contributed by atoms with E-state index < -0.39 is 41.1 Å². The molecule has 1 aromatic heterocycles. The lowest BCUT2D eigenvalue weighted by Gasteiger charge is -2.16. The van der Waals surface area contributed by atoms with Crippen LogP contribution in [0.25, 0.3) is 11.1 Å². The Bertz CT molecular complexity index is 786. The molecule has 0 bridgehead atoms. The van der Waals surface area contributed by atoms with Crippen LogP contribution in [0.3, 0.4) is 0 Å². The number of rotatable bonds is 3. The Labute approximate surface area is 137 Å². The van der Waals surface area contributed by atoms with Gasteiger partial charge in [-0.2, -0.15) is 13.2 Å². The second kappa shape index (κ2) is 6.61. The Hall–Kier alpha value is -2.78. The highest BCUT2D eigenvalue weighted by Gasteiger charge is 2.38. The summed E-state index contributed by atoms with van der Waals surface area (Å²) in [5.41, 5.74) is -2.95. The van der Waals surface area contributed by atoms with Crippen molar-refractivity contribution < 1.29 is 40.6 Å². The molecule has 0 atom stereocenters. The molecule has 0 aliphatic carbocycles. The van der Waals surface area contributed by atoms with Gasteiger partial charge in [0.15, 0.2) is 5.69 Å². The summed E-state index contributed by atoms with van der Waals surface area (Å²) in [6.45, 7) is 0. The summed E-state index contributed by atoms with van der Waals surface area (Å²) >= 11 is 0. The number of benzene rings is 1. The van der Waals surface area contributed by atoms with Crippen LogP contribution in [0, 0.1) is 0 Å². The first-order chi connectivity index (χ1) is 11.5. The maximum Gasteiger partial charge on any atom is 0.573 e. The van der Waals surface area contributed by atoms with Gasteiger partial charge in [-0.1, -0.05) is 12.1 Å². The highest BCUT2D eigenvalue weighted by atomic mass is 19.4. The fourth-order valence-electron chi connectivity index (χ4n) is 2.10. The zero-order valence-corrected chi connectivity index (χ0v) is 12.4. The summed E-state index contributed by atoms with van der Waals surface area (Å²) in [6.07, 6.45) is -9.21. The van der Waals surface area contributed by atoms with E-state index >= 15 is 0 Å². The van der Waals surface area contributed by atoms with Crippen LogP contribution < -0.4 is 4.74 Å². The van der Waals surface area contributed by atoms with Crippen molar-refractivity contribution in [2.24, 2.45) is 0 Å². The molecule has 2 rings (SSSR count). The summed E-state index contributed by atoms with van der Waals surface area (Å²) < 4.78 is 84.8. The van der Waals surface area contributed by atoms with Gasteiger partial charge in [0.05, 0.1) is 12.7 Å². The van der Waals surface area contributed by atoms with Crippen molar-refractivity contribution in [3.63, 3.8) is 0 Å². The maximum atomic E-state index is 13.2. The summed E-state index contributed by atoms with van der Waals surface area (Å²) in [7, 11) is 0.961. The number of aromatic nitrogens is 1. The number of nitrogens with zero attached hydrogens (tertiary/aromatic N) is 1. The van der Waals surface area contributed by atoms with Crippen LogP contribution in [0.1, 0.15) is 16.1 Å². The van der Waals surface area contributed by atoms with Crippen molar-refractivity contribution in [3.8, 4) is 16.9 Å². The number of hydrogen-bond donors (Lipinski definition) is 0. The van der Waals surface area contributed by atoms with Gasteiger partial charge in [0.2, 0.25) is 0 Å². The first-order valence-electron chi connectivity index (χ1n) is 6.53. The quantitative estimate of drug-likeness (QED) is 0.596. The molecule has 1 aromatic carbocycles. The molecule has 0 radical (unpaired) electrons. The zero-order chi connectivity index (χ0) is 18.8. The molecule has 0 spiro atoms. The summed E-state index contributed by atoms with van der Waals surface area (Å²) in [5, 5.41) is 0. The van der Waals surface area contributed by atoms with Gasteiger partial charge in [-0.15, -0.1) is 13.2 Å². The van der Waals surface area contributed by atoms with E-state index in [1.165, 1.54) is 0 Å². The SMILES string of the molecule is COC(=O)c1ccnc(C(F)(F)F)c1-c1cccc(OC(F)(F)F)c1. The highest BCUT2D eigenvalue weighted by Crippen LogP contribution is 2.39. The number of carbonyl (C=O) groups is 1. The van der Waals surface area contributed by atoms with E-state index in [1.54, 1.807) is 0 Å². The average Bonchev–Trinajstić information content (AvgIpc) is 2.51. The molecular formula is C15H9F6NO3. The molecular weight excluding hydrogens is 356 g/mol. The van der Waals surface area contributed by atoms with Gasteiger partial charge in [-0.25, -0.2) is 4.79 Å². The minimum absolute atomic E-state index is 0.331. The number of alkyl halides is 6. The second-order valence-corrected chi connectivity index (χ2v) is 4.65. The number of pyridine rings is 1. The smallest absolute Gasteiger partial charge is 0.465 e. The number of ether oxygens (including phenoxy) is 2. The number of halogens is 6. The third kappa shape index (κ3) is 4.40. The van der Waals surface area contributed by atoms with Crippen molar-refractivity contribution in [3.05, 3.63) is 47.8 Å². The molecule has 0 saturated carbocycles. The van der Waals surface area contributed by atoms with Crippen molar-refractivity contribution in [1.29, 1.82) is 0 Å². The molecule has 0 unspecified atom stereocenters. The number of methoxy groups -OCH3 is 1. The van der Waals surface area contributed by atoms with E-state index in [0.29, 0.717) is 0 Å². The van der Waals surface area contributed by atoms with Crippen LogP contribution in [-0.2, 0) is 10.9 Å². The molecule has 0 aliphatic heterocycles. The fourth-order valence-corrected chi connectivity index (χ4v) is 2.10. The molecule has 1 heterocycles. The number of hydrogen-bond acceptors (Lipinski definition) is 4. The Morgan fingerprint density at radius 2 is 1.76 bits per heavy atom. The number of carbonyl (C=O) groups excluding carboxylic acids is 1. The first-order valence-corrected chi connectivity index (χ1v) is 6.53. The standard InChI is InChI=1S/C15H9F6NO3/c1-24-13(23)10-5-6-22-12(14(16,17)18)11(10)8-3-2-4-9(7-8)25-15(19,20)21/h2-7H,1H3. The predicted molar refractivity (Wildman–Crippen MR) is 72.7 cm³/mol. The number of esters is 1. The van der Waals surface area contributed by atoms with Crippen LogP contribution in [0.2, 0.25) is 0 Å². The minimum Gasteiger partial charge on any atom is -0.465 e. The lowest BCUT2D eigenvalue weighted by atomic mass is 9.97. The lowest BCUT2D eigenvalue weighted by Crippen LogP contribution is -2.17. The monoisotopic (exact) mass is 365 g/mol. The molecule has 0 amide bonds. The molecule has 0 N–H and O–H groups in total. The van der Waals surface area contributed by atoms with Crippen LogP contribution in [0.15, 0.2) is 36.5 Å². The largest absolute Gasteiger partial charge is 0.573 e. The molecule has 4 nitrogen and oxygen atoms in total. The van der Waals surface area contributed by atoms with E-state index in [1.807, 2.05) is 0 Å². The van der Waals surface area contributed by atoms with Gasteiger partial charge in [0, 0.05) is 11.8 Å². The van der Waals surface area contributed by atoms with E-state index in [-0.39, 0.29) is 5.56 Å². The fraction of sp³-hybridized carbons (Fsp3) is 0.200. The molecule has 0 aliphatic rings. The molecule has 0 fully saturated rings. The zero-order valence-electron chi connectivity index (χ0n) is 12.4. The van der Waals surface area contributed by atoms with Crippen molar-refractivity contribution in [2.75, 3.05) is 7.11 Å². The van der Waals surface area contributed by atoms with Crippen LogP contribution in [0.5, 0.6) is 5.75 Å². The first kappa shape index (κ1) is 18.6. The second-order valence-electron chi connectivity index (χ2n) is 4.65. The third-order valence-electron chi connectivity index (χ3n) is 2.98. The molecule has 0 saturated heterocycles. The summed E-state index contributed by atoms with van der Waals surface area (Å²) in [5.74, 6) is -1.83. The Morgan fingerprint density at radius 3 is 2.32 bits per heavy atom. The topological polar surface area (TPSA) is 48.4 Å². The Kier molecular flexibility index (Phi) is 4.91. The van der Waals surface area contributed by atoms with Crippen LogP contribution >= 0.6 is 0 Å². The van der Waals surface area contributed by atoms with Gasteiger partial charge in [-0.3, -0.25) is 4.98 Å². The van der Waals surface area contributed by atoms with E-state index in [2.05, 4.69) is 14.5 Å². The summed E-state index contributed by atoms with van der Waals surface area (Å²) in [4.78, 5) is 15.0. The molecule has 2 aromatic rings. The van der Waals surface area contributed by atoms with Gasteiger partial charge in [0.1, 0.15) is 5.75 Å². The van der Waals surface area contributed by atoms with Crippen LogP contribution in [-0.4, -0.2) is 24.4 Å². The highest BCUT2D eigenvalue weighted by molar-refractivity contribution is 5.98. The minimum atomic E-state index is -5.02. The van der Waals surface area contributed by atoms with Gasteiger partial charge >= 0.3 is 18.5 Å². The van der Waals surface area contributed by atoms with E-state index in [9.17, 15) is 31.1 Å². The predicted octanol–water partition coefficient (Wildman–Crippen LogP) is 4.45. The van der Waals surface area contributed by atoms with Gasteiger partial charge in [-0.05, 0) is 23.8 Å². The van der Waals surface area contributed by atoms with E-state index in [0.717, 1.165) is 43.6 Å². The summed E-state index contributed by atoms with van der Waals surface area (Å²) in [6, 6.07) is 4.78. The average molecular weight is 365 g/mol. The Morgan fingerprint density at radius 1 is 1.08 bits per heavy atom. The molecule has 25 heavy (non-hydrogen) atoms. The Balaban J connectivity index is 2.68. The van der Waals surface area contributed by atoms with Crippen molar-refractivity contribution >= 4 is 5.97 Å². The van der Waals surface area contributed by atoms with Gasteiger partial charge < -0.3 is 9.47 Å². The maximum absolute atomic E-state index is 13.2. The van der Waals surface area contributed by atoms with Crippen LogP contribution in [0.4, 0.5) is 26.3 Å².